The van der Waals surface area contributed by atoms with Crippen LogP contribution in [0.5, 0.6) is 0 Å². The van der Waals surface area contributed by atoms with E-state index in [1.807, 2.05) is 0 Å². The molecule has 1 heterocycles. The minimum absolute atomic E-state index is 0.0987. The van der Waals surface area contributed by atoms with Crippen molar-refractivity contribution in [3.05, 3.63) is 58.1 Å². The molecule has 0 spiro atoms. The zero-order valence-electron chi connectivity index (χ0n) is 12.9. The number of benzene rings is 2. The minimum atomic E-state index is -0.457. The molecular weight excluding hydrogens is 365 g/mol. The van der Waals surface area contributed by atoms with Gasteiger partial charge in [-0.15, -0.1) is 0 Å². The maximum absolute atomic E-state index is 12.4. The molecule has 2 N–H and O–H groups in total. The summed E-state index contributed by atoms with van der Waals surface area (Å²) in [5.41, 5.74) is 1.44. The van der Waals surface area contributed by atoms with Crippen LogP contribution in [0.25, 0.3) is 0 Å². The number of carbonyl (C=O) groups is 3. The predicted molar refractivity (Wildman–Crippen MR) is 96.2 cm³/mol. The molecule has 0 saturated heterocycles. The van der Waals surface area contributed by atoms with Crippen molar-refractivity contribution in [2.24, 2.45) is 0 Å². The summed E-state index contributed by atoms with van der Waals surface area (Å²) in [5, 5.41) is 5.81. The summed E-state index contributed by atoms with van der Waals surface area (Å²) >= 11 is 11.7. The first-order chi connectivity index (χ1) is 12.0. The van der Waals surface area contributed by atoms with Gasteiger partial charge in [-0.05, 0) is 30.3 Å². The Morgan fingerprint density at radius 1 is 1.12 bits per heavy atom. The molecule has 2 aromatic carbocycles. The van der Waals surface area contributed by atoms with E-state index < -0.39 is 11.8 Å². The second-order valence-corrected chi connectivity index (χ2v) is 6.17. The van der Waals surface area contributed by atoms with Crippen molar-refractivity contribution in [3.63, 3.8) is 0 Å². The Kier molecular flexibility index (Phi) is 4.92. The van der Waals surface area contributed by atoms with Gasteiger partial charge in [0.15, 0.2) is 0 Å². The highest BCUT2D eigenvalue weighted by molar-refractivity contribution is 6.42. The second-order valence-electron chi connectivity index (χ2n) is 5.36. The van der Waals surface area contributed by atoms with Crippen LogP contribution in [0.1, 0.15) is 10.4 Å². The number of para-hydroxylation sites is 2. The van der Waals surface area contributed by atoms with Gasteiger partial charge in [0, 0.05) is 5.56 Å². The number of nitrogens with one attached hydrogen (secondary N) is 2. The lowest BCUT2D eigenvalue weighted by Crippen LogP contribution is -2.46. The van der Waals surface area contributed by atoms with Gasteiger partial charge in [-0.3, -0.25) is 19.3 Å². The monoisotopic (exact) mass is 377 g/mol. The Hall–Kier alpha value is -2.57. The third-order valence-corrected chi connectivity index (χ3v) is 4.39. The van der Waals surface area contributed by atoms with Crippen LogP contribution in [-0.2, 0) is 9.59 Å². The van der Waals surface area contributed by atoms with Crippen molar-refractivity contribution >= 4 is 52.3 Å². The molecule has 6 nitrogen and oxygen atoms in total. The first-order valence-corrected chi connectivity index (χ1v) is 8.14. The number of fused-ring (bicyclic) bond motifs is 1. The quantitative estimate of drug-likeness (QED) is 0.862. The van der Waals surface area contributed by atoms with Crippen molar-refractivity contribution < 1.29 is 14.4 Å². The summed E-state index contributed by atoms with van der Waals surface area (Å²) in [5.74, 6) is -1.14. The van der Waals surface area contributed by atoms with Gasteiger partial charge in [0.1, 0.15) is 6.54 Å². The molecular formula is C17H13Cl2N3O3. The lowest BCUT2D eigenvalue weighted by atomic mass is 10.2. The third kappa shape index (κ3) is 3.75. The molecule has 0 unspecified atom stereocenters. The second kappa shape index (κ2) is 7.13. The number of hydrogen-bond acceptors (Lipinski definition) is 3. The van der Waals surface area contributed by atoms with Crippen molar-refractivity contribution in [3.8, 4) is 0 Å². The standard InChI is InChI=1S/C17H13Cl2N3O3/c18-11-6-5-10(7-12(11)19)17(25)20-8-16(24)22-9-15(23)21-13-3-1-2-4-14(13)22/h1-7H,8-9H2,(H,20,25)(H,21,23). The van der Waals surface area contributed by atoms with Crippen molar-refractivity contribution in [1.82, 2.24) is 5.32 Å². The van der Waals surface area contributed by atoms with E-state index >= 15 is 0 Å². The highest BCUT2D eigenvalue weighted by atomic mass is 35.5. The van der Waals surface area contributed by atoms with Crippen LogP contribution < -0.4 is 15.5 Å². The fraction of sp³-hybridized carbons (Fsp3) is 0.118. The number of hydrogen-bond donors (Lipinski definition) is 2. The van der Waals surface area contributed by atoms with E-state index in [2.05, 4.69) is 10.6 Å². The van der Waals surface area contributed by atoms with Crippen LogP contribution in [-0.4, -0.2) is 30.8 Å². The summed E-state index contributed by atoms with van der Waals surface area (Å²) < 4.78 is 0. The first kappa shape index (κ1) is 17.3. The van der Waals surface area contributed by atoms with Gasteiger partial charge in [-0.1, -0.05) is 35.3 Å². The normalized spacial score (nSPS) is 13.0. The van der Waals surface area contributed by atoms with Crippen LogP contribution in [0, 0.1) is 0 Å². The van der Waals surface area contributed by atoms with E-state index in [0.29, 0.717) is 22.0 Å². The topological polar surface area (TPSA) is 78.5 Å². The molecule has 0 atom stereocenters. The molecule has 3 rings (SSSR count). The van der Waals surface area contributed by atoms with Crippen LogP contribution in [0.15, 0.2) is 42.5 Å². The van der Waals surface area contributed by atoms with E-state index in [0.717, 1.165) is 0 Å². The highest BCUT2D eigenvalue weighted by Crippen LogP contribution is 2.28. The zero-order valence-corrected chi connectivity index (χ0v) is 14.4. The molecule has 128 valence electrons. The van der Waals surface area contributed by atoms with Crippen LogP contribution in [0.4, 0.5) is 11.4 Å². The summed E-state index contributed by atoms with van der Waals surface area (Å²) in [4.78, 5) is 37.7. The number of anilines is 2. The van der Waals surface area contributed by atoms with Gasteiger partial charge in [0.25, 0.3) is 5.91 Å². The van der Waals surface area contributed by atoms with Gasteiger partial charge < -0.3 is 10.6 Å². The molecule has 0 aliphatic carbocycles. The van der Waals surface area contributed by atoms with Gasteiger partial charge in [-0.25, -0.2) is 0 Å². The fourth-order valence-corrected chi connectivity index (χ4v) is 2.74. The first-order valence-electron chi connectivity index (χ1n) is 7.38. The molecule has 3 amide bonds. The van der Waals surface area contributed by atoms with E-state index in [1.54, 1.807) is 24.3 Å². The largest absolute Gasteiger partial charge is 0.343 e. The van der Waals surface area contributed by atoms with Gasteiger partial charge in [0.05, 0.1) is 28.0 Å². The van der Waals surface area contributed by atoms with E-state index in [-0.39, 0.29) is 24.0 Å². The number of rotatable bonds is 3. The summed E-state index contributed by atoms with van der Waals surface area (Å²) in [6, 6.07) is 11.4. The molecule has 1 aliphatic rings. The lowest BCUT2D eigenvalue weighted by molar-refractivity contribution is -0.121. The fourth-order valence-electron chi connectivity index (χ4n) is 2.45. The Balaban J connectivity index is 1.69. The molecule has 0 saturated carbocycles. The molecule has 1 aliphatic heterocycles. The number of carbonyl (C=O) groups excluding carboxylic acids is 3. The molecule has 8 heteroatoms. The Bertz CT molecular complexity index is 870. The highest BCUT2D eigenvalue weighted by Gasteiger charge is 2.26. The average molecular weight is 378 g/mol. The van der Waals surface area contributed by atoms with Crippen molar-refractivity contribution in [2.45, 2.75) is 0 Å². The Morgan fingerprint density at radius 3 is 2.64 bits per heavy atom. The van der Waals surface area contributed by atoms with Gasteiger partial charge in [0.2, 0.25) is 11.8 Å². The Labute approximate surface area is 153 Å². The summed E-state index contributed by atoms with van der Waals surface area (Å²) in [6.45, 7) is -0.348. The molecule has 0 fully saturated rings. The van der Waals surface area contributed by atoms with E-state index in [4.69, 9.17) is 23.2 Å². The minimum Gasteiger partial charge on any atom is -0.343 e. The van der Waals surface area contributed by atoms with Gasteiger partial charge in [-0.2, -0.15) is 0 Å². The average Bonchev–Trinajstić information content (AvgIpc) is 2.60. The SMILES string of the molecule is O=C1CN(C(=O)CNC(=O)c2ccc(Cl)c(Cl)c2)c2ccccc2N1. The summed E-state index contributed by atoms with van der Waals surface area (Å²) in [6.07, 6.45) is 0. The maximum atomic E-state index is 12.4. The number of nitrogens with zero attached hydrogens (tertiary/aromatic N) is 1. The summed E-state index contributed by atoms with van der Waals surface area (Å²) in [7, 11) is 0. The van der Waals surface area contributed by atoms with E-state index in [9.17, 15) is 14.4 Å². The smallest absolute Gasteiger partial charge is 0.251 e. The van der Waals surface area contributed by atoms with Crippen molar-refractivity contribution in [1.29, 1.82) is 0 Å². The lowest BCUT2D eigenvalue weighted by Gasteiger charge is -2.29. The number of amides is 3. The van der Waals surface area contributed by atoms with Crippen molar-refractivity contribution in [2.75, 3.05) is 23.3 Å². The van der Waals surface area contributed by atoms with E-state index in [1.165, 1.54) is 23.1 Å². The predicted octanol–water partition coefficient (Wildman–Crippen LogP) is 2.71. The van der Waals surface area contributed by atoms with Crippen LogP contribution in [0.2, 0.25) is 10.0 Å². The molecule has 0 bridgehead atoms. The molecule has 2 aromatic rings. The number of halogens is 2. The zero-order chi connectivity index (χ0) is 18.0. The third-order valence-electron chi connectivity index (χ3n) is 3.65. The van der Waals surface area contributed by atoms with Crippen LogP contribution >= 0.6 is 23.2 Å². The van der Waals surface area contributed by atoms with Gasteiger partial charge >= 0.3 is 0 Å². The molecule has 0 aromatic heterocycles. The Morgan fingerprint density at radius 2 is 1.88 bits per heavy atom. The maximum Gasteiger partial charge on any atom is 0.251 e. The molecule has 25 heavy (non-hydrogen) atoms. The molecule has 0 radical (unpaired) electrons. The van der Waals surface area contributed by atoms with Crippen LogP contribution in [0.3, 0.4) is 0 Å².